The van der Waals surface area contributed by atoms with E-state index in [2.05, 4.69) is 58.5 Å². The zero-order chi connectivity index (χ0) is 26.2. The molecule has 5 heterocycles. The maximum atomic E-state index is 4.87. The molecule has 40 heavy (non-hydrogen) atoms. The molecule has 0 unspecified atom stereocenters. The summed E-state index contributed by atoms with van der Waals surface area (Å²) in [7, 11) is 0. The van der Waals surface area contributed by atoms with Gasteiger partial charge in [0.25, 0.3) is 0 Å². The predicted octanol–water partition coefficient (Wildman–Crippen LogP) is 6.87. The van der Waals surface area contributed by atoms with Gasteiger partial charge in [0.2, 0.25) is 0 Å². The molecule has 0 saturated heterocycles. The van der Waals surface area contributed by atoms with Gasteiger partial charge in [-0.25, -0.2) is 29.9 Å². The summed E-state index contributed by atoms with van der Waals surface area (Å²) in [5.41, 5.74) is 6.35. The van der Waals surface area contributed by atoms with Crippen LogP contribution < -0.4 is 0 Å². The van der Waals surface area contributed by atoms with Crippen molar-refractivity contribution in [1.29, 1.82) is 0 Å². The summed E-state index contributed by atoms with van der Waals surface area (Å²) in [6.45, 7) is 0. The second-order valence-corrected chi connectivity index (χ2v) is 9.91. The van der Waals surface area contributed by atoms with Crippen molar-refractivity contribution in [2.45, 2.75) is 0 Å². The summed E-state index contributed by atoms with van der Waals surface area (Å²) in [4.78, 5) is 35.8. The third kappa shape index (κ3) is 3.26. The van der Waals surface area contributed by atoms with Gasteiger partial charge in [0, 0.05) is 22.3 Å². The second kappa shape index (κ2) is 7.87. The lowest BCUT2D eigenvalue weighted by Crippen LogP contribution is -1.84. The van der Waals surface area contributed by atoms with Crippen molar-refractivity contribution in [2.24, 2.45) is 0 Å². The highest BCUT2D eigenvalue weighted by Crippen LogP contribution is 2.38. The van der Waals surface area contributed by atoms with E-state index in [0.29, 0.717) is 45.9 Å². The average Bonchev–Trinajstić information content (AvgIpc) is 3.75. The SMILES string of the molecule is c1ccc2cc3c(cc2c1)-c1nc-3nc2ccc(nc3nc(nc4ccc(n1)[nH]4)-c1cc4ccccc4cc1-3)[nH]2. The van der Waals surface area contributed by atoms with Crippen LogP contribution >= 0.6 is 0 Å². The van der Waals surface area contributed by atoms with Crippen LogP contribution in [-0.4, -0.2) is 39.9 Å². The lowest BCUT2D eigenvalue weighted by atomic mass is 10.0. The highest BCUT2D eigenvalue weighted by atomic mass is 15.0. The Morgan fingerprint density at radius 1 is 0.325 bits per heavy atom. The Labute approximate surface area is 226 Å². The van der Waals surface area contributed by atoms with E-state index in [1.807, 2.05) is 48.5 Å². The van der Waals surface area contributed by atoms with E-state index in [9.17, 15) is 0 Å². The lowest BCUT2D eigenvalue weighted by molar-refractivity contribution is 1.19. The summed E-state index contributed by atoms with van der Waals surface area (Å²) in [6, 6.07) is 32.6. The largest absolute Gasteiger partial charge is 0.325 e. The molecule has 3 aromatic heterocycles. The van der Waals surface area contributed by atoms with E-state index in [4.69, 9.17) is 29.9 Å². The van der Waals surface area contributed by atoms with Gasteiger partial charge in [0.05, 0.1) is 0 Å². The number of hydrogen-bond donors (Lipinski definition) is 2. The zero-order valence-corrected chi connectivity index (χ0v) is 20.9. The predicted molar refractivity (Wildman–Crippen MR) is 156 cm³/mol. The van der Waals surface area contributed by atoms with E-state index in [1.165, 1.54) is 0 Å². The highest BCUT2D eigenvalue weighted by molar-refractivity contribution is 5.97. The van der Waals surface area contributed by atoms with Crippen molar-refractivity contribution in [3.63, 3.8) is 0 Å². The first-order valence-corrected chi connectivity index (χ1v) is 13.0. The maximum Gasteiger partial charge on any atom is 0.164 e. The minimum absolute atomic E-state index is 0.599. The molecule has 0 fully saturated rings. The number of fused-ring (bicyclic) bond motifs is 16. The van der Waals surface area contributed by atoms with Gasteiger partial charge in [-0.3, -0.25) is 0 Å². The van der Waals surface area contributed by atoms with Crippen molar-refractivity contribution in [3.8, 4) is 45.6 Å². The van der Waals surface area contributed by atoms with E-state index >= 15 is 0 Å². The van der Waals surface area contributed by atoms with Crippen LogP contribution in [0.4, 0.5) is 0 Å². The Balaban J connectivity index is 1.36. The van der Waals surface area contributed by atoms with Crippen molar-refractivity contribution in [2.75, 3.05) is 0 Å². The molecule has 2 aliphatic heterocycles. The van der Waals surface area contributed by atoms with E-state index in [-0.39, 0.29) is 0 Å². The molecule has 0 atom stereocenters. The molecule has 186 valence electrons. The van der Waals surface area contributed by atoms with Crippen LogP contribution in [0.1, 0.15) is 0 Å². The second-order valence-electron chi connectivity index (χ2n) is 9.91. The quantitative estimate of drug-likeness (QED) is 0.229. The van der Waals surface area contributed by atoms with E-state index in [0.717, 1.165) is 43.8 Å². The fourth-order valence-electron chi connectivity index (χ4n) is 5.47. The summed E-state index contributed by atoms with van der Waals surface area (Å²) in [6.07, 6.45) is 0. The van der Waals surface area contributed by atoms with Gasteiger partial charge < -0.3 is 9.97 Å². The third-order valence-electron chi connectivity index (χ3n) is 7.37. The molecule has 2 N–H and O–H groups in total. The number of nitrogens with one attached hydrogen (secondary N) is 2. The Morgan fingerprint density at radius 2 is 0.600 bits per heavy atom. The van der Waals surface area contributed by atoms with Crippen LogP contribution in [0.5, 0.6) is 0 Å². The minimum atomic E-state index is 0.599. The van der Waals surface area contributed by atoms with Crippen LogP contribution in [0.2, 0.25) is 0 Å². The number of rotatable bonds is 0. The van der Waals surface area contributed by atoms with Crippen LogP contribution in [0.15, 0.2) is 97.1 Å². The lowest BCUT2D eigenvalue weighted by Gasteiger charge is -2.03. The minimum Gasteiger partial charge on any atom is -0.325 e. The molecule has 9 rings (SSSR count). The Kier molecular flexibility index (Phi) is 4.17. The van der Waals surface area contributed by atoms with Crippen molar-refractivity contribution in [1.82, 2.24) is 39.9 Å². The summed E-state index contributed by atoms with van der Waals surface area (Å²) in [5, 5.41) is 4.49. The topological polar surface area (TPSA) is 109 Å². The zero-order valence-electron chi connectivity index (χ0n) is 20.9. The van der Waals surface area contributed by atoms with Gasteiger partial charge in [-0.1, -0.05) is 48.5 Å². The molecule has 0 saturated carbocycles. The van der Waals surface area contributed by atoms with Crippen LogP contribution in [0.3, 0.4) is 0 Å². The van der Waals surface area contributed by atoms with Gasteiger partial charge >= 0.3 is 0 Å². The van der Waals surface area contributed by atoms with Gasteiger partial charge in [-0.15, -0.1) is 0 Å². The van der Waals surface area contributed by atoms with Crippen LogP contribution in [-0.2, 0) is 0 Å². The Hall–Kier alpha value is -5.76. The molecule has 2 aliphatic rings. The summed E-state index contributed by atoms with van der Waals surface area (Å²) >= 11 is 0. The van der Waals surface area contributed by atoms with Crippen LogP contribution in [0.25, 0.3) is 89.7 Å². The molecule has 8 heteroatoms. The number of aromatic nitrogens is 8. The number of nitrogens with zero attached hydrogens (tertiary/aromatic N) is 6. The standard InChI is InChI=1S/C32H18N8/c1-2-6-18-14-22-21(13-17(18)5-1)29-35-25-9-10-27(33-25)37-31-23-15-19-7-3-4-8-20(19)16-24(23)32(40-31)38-28-12-11-26(34-28)36-30(22)39-29/h1-16H,(H2,33,34,35,36,37,38,39,40). The number of hydrogen-bond acceptors (Lipinski definition) is 6. The van der Waals surface area contributed by atoms with Gasteiger partial charge in [0.1, 0.15) is 22.6 Å². The fourth-order valence-corrected chi connectivity index (χ4v) is 5.47. The van der Waals surface area contributed by atoms with Gasteiger partial charge in [-0.05, 0) is 70.1 Å². The van der Waals surface area contributed by atoms with Crippen molar-refractivity contribution >= 4 is 44.1 Å². The molecule has 0 amide bonds. The Morgan fingerprint density at radius 3 is 0.875 bits per heavy atom. The summed E-state index contributed by atoms with van der Waals surface area (Å²) in [5.74, 6) is 2.40. The Bertz CT molecular complexity index is 2030. The highest BCUT2D eigenvalue weighted by Gasteiger charge is 2.21. The first kappa shape index (κ1) is 21.2. The molecule has 0 radical (unpaired) electrons. The van der Waals surface area contributed by atoms with Gasteiger partial charge in [0.15, 0.2) is 23.3 Å². The van der Waals surface area contributed by atoms with Crippen molar-refractivity contribution in [3.05, 3.63) is 97.1 Å². The molecular weight excluding hydrogens is 496 g/mol. The molecule has 8 bridgehead atoms. The van der Waals surface area contributed by atoms with E-state index in [1.54, 1.807) is 0 Å². The molecular formula is C32H18N8. The number of H-pyrrole nitrogens is 2. The number of aromatic amines is 2. The molecule has 7 aromatic rings. The first-order chi connectivity index (χ1) is 19.7. The monoisotopic (exact) mass is 514 g/mol. The molecule has 4 aromatic carbocycles. The fraction of sp³-hybridized carbons (Fsp3) is 0. The summed E-state index contributed by atoms with van der Waals surface area (Å²) < 4.78 is 0. The first-order valence-electron chi connectivity index (χ1n) is 13.0. The normalized spacial score (nSPS) is 12.0. The molecule has 0 aliphatic carbocycles. The smallest absolute Gasteiger partial charge is 0.164 e. The van der Waals surface area contributed by atoms with E-state index < -0.39 is 0 Å². The third-order valence-corrected chi connectivity index (χ3v) is 7.37. The molecule has 8 nitrogen and oxygen atoms in total. The van der Waals surface area contributed by atoms with Crippen molar-refractivity contribution < 1.29 is 0 Å². The van der Waals surface area contributed by atoms with Gasteiger partial charge in [-0.2, -0.15) is 0 Å². The van der Waals surface area contributed by atoms with Crippen LogP contribution in [0, 0.1) is 0 Å². The number of benzene rings is 4. The maximum absolute atomic E-state index is 4.87. The molecule has 0 spiro atoms. The average molecular weight is 515 g/mol.